The summed E-state index contributed by atoms with van der Waals surface area (Å²) in [5.74, 6) is 0.762. The summed E-state index contributed by atoms with van der Waals surface area (Å²) in [6.45, 7) is 13.9. The Hall–Kier alpha value is -1.94. The molecule has 0 saturated heterocycles. The molecule has 0 bridgehead atoms. The Morgan fingerprint density at radius 2 is 0.578 bits per heavy atom. The topological polar surface area (TPSA) is 237 Å². The predicted molar refractivity (Wildman–Crippen MR) is 331 cm³/mol. The van der Waals surface area contributed by atoms with Crippen LogP contribution < -0.4 is 0 Å². The minimum atomic E-state index is -4.95. The van der Waals surface area contributed by atoms with E-state index in [2.05, 4.69) is 55.4 Å². The van der Waals surface area contributed by atoms with Gasteiger partial charge in [0.1, 0.15) is 19.3 Å². The van der Waals surface area contributed by atoms with Gasteiger partial charge in [-0.1, -0.05) is 254 Å². The fraction of sp³-hybridized carbons (Fsp3) is 0.938. The van der Waals surface area contributed by atoms with E-state index in [-0.39, 0.29) is 25.7 Å². The first-order chi connectivity index (χ1) is 39.7. The van der Waals surface area contributed by atoms with Crippen LogP contribution >= 0.6 is 15.6 Å². The number of esters is 4. The van der Waals surface area contributed by atoms with Gasteiger partial charge in [0.15, 0.2) is 12.2 Å². The van der Waals surface area contributed by atoms with E-state index < -0.39 is 97.5 Å². The van der Waals surface area contributed by atoms with Gasteiger partial charge >= 0.3 is 39.5 Å². The maximum atomic E-state index is 13.0. The molecule has 0 radical (unpaired) electrons. The van der Waals surface area contributed by atoms with Gasteiger partial charge in [-0.15, -0.1) is 0 Å². The normalized spacial score (nSPS) is 15.1. The van der Waals surface area contributed by atoms with E-state index in [9.17, 15) is 43.2 Å². The monoisotopic (exact) mass is 1230 g/mol. The highest BCUT2D eigenvalue weighted by molar-refractivity contribution is 7.47. The molecular weight excluding hydrogens is 1100 g/mol. The van der Waals surface area contributed by atoms with Crippen molar-refractivity contribution in [3.05, 3.63) is 0 Å². The summed E-state index contributed by atoms with van der Waals surface area (Å²) in [6.07, 6.45) is 33.6. The lowest BCUT2D eigenvalue weighted by Crippen LogP contribution is -2.30. The van der Waals surface area contributed by atoms with E-state index in [0.717, 1.165) is 114 Å². The molecule has 17 nitrogen and oxygen atoms in total. The molecule has 7 atom stereocenters. The second-order valence-corrected chi connectivity index (χ2v) is 27.5. The van der Waals surface area contributed by atoms with Crippen molar-refractivity contribution >= 4 is 39.5 Å². The number of carbonyl (C=O) groups excluding carboxylic acids is 4. The van der Waals surface area contributed by atoms with Gasteiger partial charge in [-0.05, 0) is 49.4 Å². The molecule has 0 saturated carbocycles. The smallest absolute Gasteiger partial charge is 0.462 e. The van der Waals surface area contributed by atoms with Gasteiger partial charge in [0, 0.05) is 25.7 Å². The average molecular weight is 1230 g/mol. The van der Waals surface area contributed by atoms with Gasteiger partial charge in [0.25, 0.3) is 0 Å². The molecule has 0 fully saturated rings. The minimum Gasteiger partial charge on any atom is -0.462 e. The van der Waals surface area contributed by atoms with Gasteiger partial charge in [-0.2, -0.15) is 0 Å². The predicted octanol–water partition coefficient (Wildman–Crippen LogP) is 17.4. The van der Waals surface area contributed by atoms with Gasteiger partial charge in [0.2, 0.25) is 0 Å². The highest BCUT2D eigenvalue weighted by Gasteiger charge is 2.30. The lowest BCUT2D eigenvalue weighted by Gasteiger charge is -2.21. The maximum absolute atomic E-state index is 13.0. The molecule has 0 aromatic carbocycles. The first kappa shape index (κ1) is 81.1. The van der Waals surface area contributed by atoms with Gasteiger partial charge in [-0.25, -0.2) is 9.13 Å². The lowest BCUT2D eigenvalue weighted by molar-refractivity contribution is -0.161. The Morgan fingerprint density at radius 1 is 0.337 bits per heavy atom. The minimum absolute atomic E-state index is 0.101. The Labute approximate surface area is 505 Å². The number of unbranched alkanes of at least 4 members (excludes halogenated alkanes) is 25. The number of phosphoric acid groups is 2. The van der Waals surface area contributed by atoms with Crippen molar-refractivity contribution in [1.82, 2.24) is 0 Å². The molecule has 0 aromatic heterocycles. The van der Waals surface area contributed by atoms with E-state index in [0.29, 0.717) is 31.6 Å². The van der Waals surface area contributed by atoms with Gasteiger partial charge < -0.3 is 33.8 Å². The number of hydrogen-bond acceptors (Lipinski definition) is 15. The summed E-state index contributed by atoms with van der Waals surface area (Å²) in [5.41, 5.74) is 0. The molecule has 0 amide bonds. The van der Waals surface area contributed by atoms with E-state index in [1.165, 1.54) is 103 Å². The highest BCUT2D eigenvalue weighted by Crippen LogP contribution is 2.45. The first-order valence-electron chi connectivity index (χ1n) is 33.3. The fourth-order valence-electron chi connectivity index (χ4n) is 9.36. The summed E-state index contributed by atoms with van der Waals surface area (Å²) in [7, 11) is -9.89. The van der Waals surface area contributed by atoms with Crippen LogP contribution in [0.25, 0.3) is 0 Å². The fourth-order valence-corrected chi connectivity index (χ4v) is 10.9. The molecule has 3 N–H and O–H groups in total. The van der Waals surface area contributed by atoms with Crippen LogP contribution in [0, 0.1) is 23.7 Å². The van der Waals surface area contributed by atoms with Gasteiger partial charge in [-0.3, -0.25) is 37.3 Å². The van der Waals surface area contributed by atoms with Crippen LogP contribution in [0.5, 0.6) is 0 Å². The molecule has 19 heteroatoms. The number of carbonyl (C=O) groups is 4. The molecule has 0 spiro atoms. The summed E-state index contributed by atoms with van der Waals surface area (Å²) >= 11 is 0. The lowest BCUT2D eigenvalue weighted by atomic mass is 10.00. The SMILES string of the molecule is CCC(C)CCCCCCCCC(=O)OC[C@H](COP(=O)(O)OC[C@H](O)COP(=O)(O)OC[C@@H](COC(=O)CCCCCCCCCCCCC(C)C)OC(=O)CCCCCCCCCC(C)C)OC(=O)CCCCCCCCC(C)CC. The molecule has 492 valence electrons. The van der Waals surface area contributed by atoms with Gasteiger partial charge in [0.05, 0.1) is 26.4 Å². The molecular formula is C64H124O17P2. The second kappa shape index (κ2) is 54.2. The second-order valence-electron chi connectivity index (χ2n) is 24.6. The van der Waals surface area contributed by atoms with Crippen molar-refractivity contribution in [1.29, 1.82) is 0 Å². The zero-order valence-electron chi connectivity index (χ0n) is 53.8. The maximum Gasteiger partial charge on any atom is 0.472 e. The van der Waals surface area contributed by atoms with Crippen LogP contribution in [0.15, 0.2) is 0 Å². The highest BCUT2D eigenvalue weighted by atomic mass is 31.2. The zero-order valence-corrected chi connectivity index (χ0v) is 55.6. The Balaban J connectivity index is 5.25. The molecule has 0 heterocycles. The Morgan fingerprint density at radius 3 is 0.855 bits per heavy atom. The van der Waals surface area contributed by atoms with E-state index in [1.54, 1.807) is 0 Å². The average Bonchev–Trinajstić information content (AvgIpc) is 3.46. The molecule has 83 heavy (non-hydrogen) atoms. The largest absolute Gasteiger partial charge is 0.472 e. The number of aliphatic hydroxyl groups excluding tert-OH is 1. The van der Waals surface area contributed by atoms with E-state index >= 15 is 0 Å². The number of aliphatic hydroxyl groups is 1. The molecule has 0 rings (SSSR count). The summed E-state index contributed by atoms with van der Waals surface area (Å²) < 4.78 is 68.0. The van der Waals surface area contributed by atoms with Crippen molar-refractivity contribution < 1.29 is 80.2 Å². The number of hydrogen-bond donors (Lipinski definition) is 3. The van der Waals surface area contributed by atoms with Crippen molar-refractivity contribution in [3.63, 3.8) is 0 Å². The standard InChI is InChI=1S/C64H124O17P2/c1-9-56(7)42-34-26-20-22-29-37-45-62(67)75-51-60(81-64(69)47-39-31-23-21-27-35-43-57(8)10-2)53-79-83(72,73)77-49-58(65)48-76-82(70,71)78-52-59(80-63(68)46-38-30-19-15-17-25-33-41-55(5)6)50-74-61(66)44-36-28-18-14-12-11-13-16-24-32-40-54(3)4/h54-60,65H,9-53H2,1-8H3,(H,70,71)(H,72,73)/t56?,57?,58-,59-,60-/m1/s1. The number of rotatable bonds is 61. The quantitative estimate of drug-likeness (QED) is 0.0222. The Kier molecular flexibility index (Phi) is 53.0. The molecule has 0 aliphatic carbocycles. The number of phosphoric ester groups is 2. The Bertz CT molecular complexity index is 1670. The van der Waals surface area contributed by atoms with Crippen LogP contribution in [0.1, 0.15) is 306 Å². The molecule has 0 aliphatic rings. The van der Waals surface area contributed by atoms with Crippen molar-refractivity contribution in [3.8, 4) is 0 Å². The molecule has 0 aliphatic heterocycles. The third kappa shape index (κ3) is 56.3. The third-order valence-corrected chi connectivity index (χ3v) is 17.2. The van der Waals surface area contributed by atoms with E-state index in [4.69, 9.17) is 37.0 Å². The van der Waals surface area contributed by atoms with Crippen LogP contribution in [0.4, 0.5) is 0 Å². The van der Waals surface area contributed by atoms with Crippen molar-refractivity contribution in [2.24, 2.45) is 23.7 Å². The van der Waals surface area contributed by atoms with Crippen LogP contribution in [0.3, 0.4) is 0 Å². The third-order valence-electron chi connectivity index (χ3n) is 15.3. The van der Waals surface area contributed by atoms with Crippen LogP contribution in [0.2, 0.25) is 0 Å². The van der Waals surface area contributed by atoms with Crippen LogP contribution in [-0.2, 0) is 65.4 Å². The number of ether oxygens (including phenoxy) is 4. The molecule has 4 unspecified atom stereocenters. The van der Waals surface area contributed by atoms with Crippen LogP contribution in [-0.4, -0.2) is 96.7 Å². The first-order valence-corrected chi connectivity index (χ1v) is 36.3. The zero-order chi connectivity index (χ0) is 61.8. The van der Waals surface area contributed by atoms with Crippen molar-refractivity contribution in [2.45, 2.75) is 324 Å². The van der Waals surface area contributed by atoms with E-state index in [1.807, 2.05) is 0 Å². The summed E-state index contributed by atoms with van der Waals surface area (Å²) in [5, 5.41) is 10.5. The summed E-state index contributed by atoms with van der Waals surface area (Å²) in [4.78, 5) is 72.2. The molecule has 0 aromatic rings. The van der Waals surface area contributed by atoms with Crippen molar-refractivity contribution in [2.75, 3.05) is 39.6 Å². The summed E-state index contributed by atoms with van der Waals surface area (Å²) in [6, 6.07) is 0.